The first-order valence-corrected chi connectivity index (χ1v) is 14.9. The first-order valence-electron chi connectivity index (χ1n) is 13.3. The maximum atomic E-state index is 12.7. The lowest BCUT2D eigenvalue weighted by atomic mass is 9.93. The number of carbonyl (C=O) groups is 1. The van der Waals surface area contributed by atoms with Crippen molar-refractivity contribution in [3.05, 3.63) is 96.7 Å². The van der Waals surface area contributed by atoms with Crippen LogP contribution in [0.5, 0.6) is 0 Å². The fourth-order valence-corrected chi connectivity index (χ4v) is 4.47. The Bertz CT molecular complexity index is 1030. The highest BCUT2D eigenvalue weighted by atomic mass is 31.2. The average molecular weight is 561 g/mol. The molecule has 0 fully saturated rings. The molecule has 4 atom stereocenters. The van der Waals surface area contributed by atoms with Crippen LogP contribution < -0.4 is 0 Å². The van der Waals surface area contributed by atoms with Gasteiger partial charge in [0.05, 0.1) is 18.6 Å². The molecule has 0 aromatic carbocycles. The SMILES string of the molecule is C=C/C=C(\C)CCC1C/C=C\C=C(\C)C(OP(=O)(O)O)CCC\C=C/C=C\C=C/C(O)C(C)C(=C)CC(=O)O1. The zero-order chi connectivity index (χ0) is 29.3. The second-order valence-corrected chi connectivity index (χ2v) is 11.0. The Morgan fingerprint density at radius 2 is 1.92 bits per heavy atom. The lowest BCUT2D eigenvalue weighted by Crippen LogP contribution is -2.22. The van der Waals surface area contributed by atoms with Gasteiger partial charge in [0, 0.05) is 12.3 Å². The van der Waals surface area contributed by atoms with Crippen molar-refractivity contribution in [1.29, 1.82) is 0 Å². The molecular formula is C31H45O7P. The van der Waals surface area contributed by atoms with E-state index in [1.807, 2.05) is 44.2 Å². The molecule has 0 aromatic heterocycles. The molecule has 7 nitrogen and oxygen atoms in total. The molecule has 0 amide bonds. The monoisotopic (exact) mass is 560 g/mol. The molecule has 39 heavy (non-hydrogen) atoms. The fourth-order valence-electron chi connectivity index (χ4n) is 3.87. The number of allylic oxidation sites excluding steroid dienone is 10. The smallest absolute Gasteiger partial charge is 0.462 e. The molecule has 1 aliphatic rings. The number of cyclic esters (lactones) is 1. The molecule has 4 unspecified atom stereocenters. The van der Waals surface area contributed by atoms with Gasteiger partial charge in [0.15, 0.2) is 0 Å². The highest BCUT2D eigenvalue weighted by molar-refractivity contribution is 7.46. The molecule has 1 rings (SSSR count). The normalized spacial score (nSPS) is 30.0. The number of aliphatic hydroxyl groups excluding tert-OH is 1. The van der Waals surface area contributed by atoms with E-state index in [4.69, 9.17) is 9.26 Å². The van der Waals surface area contributed by atoms with Gasteiger partial charge in [-0.2, -0.15) is 0 Å². The van der Waals surface area contributed by atoms with E-state index in [1.165, 1.54) is 0 Å². The van der Waals surface area contributed by atoms with Gasteiger partial charge in [0.25, 0.3) is 0 Å². The van der Waals surface area contributed by atoms with Gasteiger partial charge in [0.2, 0.25) is 0 Å². The summed E-state index contributed by atoms with van der Waals surface area (Å²) in [5, 5.41) is 10.5. The minimum Gasteiger partial charge on any atom is -0.462 e. The lowest BCUT2D eigenvalue weighted by molar-refractivity contribution is -0.148. The molecule has 0 aromatic rings. The van der Waals surface area contributed by atoms with Crippen LogP contribution in [0.4, 0.5) is 0 Å². The molecule has 0 saturated carbocycles. The second kappa shape index (κ2) is 18.7. The molecule has 0 aliphatic carbocycles. The topological polar surface area (TPSA) is 113 Å². The summed E-state index contributed by atoms with van der Waals surface area (Å²) in [6, 6.07) is 0. The van der Waals surface area contributed by atoms with Crippen LogP contribution in [-0.2, 0) is 18.6 Å². The van der Waals surface area contributed by atoms with Crippen molar-refractivity contribution < 1.29 is 33.5 Å². The van der Waals surface area contributed by atoms with E-state index in [9.17, 15) is 24.3 Å². The highest BCUT2D eigenvalue weighted by Gasteiger charge is 2.23. The van der Waals surface area contributed by atoms with Crippen LogP contribution in [0.2, 0.25) is 0 Å². The predicted molar refractivity (Wildman–Crippen MR) is 158 cm³/mol. The van der Waals surface area contributed by atoms with Crippen LogP contribution in [0.25, 0.3) is 0 Å². The first-order chi connectivity index (χ1) is 18.4. The Hall–Kier alpha value is -2.54. The third-order valence-corrected chi connectivity index (χ3v) is 6.90. The first kappa shape index (κ1) is 34.5. The number of aliphatic hydroxyl groups is 1. The molecule has 8 heteroatoms. The summed E-state index contributed by atoms with van der Waals surface area (Å²) >= 11 is 0. The van der Waals surface area contributed by atoms with Gasteiger partial charge < -0.3 is 19.6 Å². The van der Waals surface area contributed by atoms with E-state index in [1.54, 1.807) is 43.4 Å². The van der Waals surface area contributed by atoms with Crippen molar-refractivity contribution in [2.45, 2.75) is 84.0 Å². The van der Waals surface area contributed by atoms with E-state index in [2.05, 4.69) is 13.2 Å². The average Bonchev–Trinajstić information content (AvgIpc) is 2.85. The van der Waals surface area contributed by atoms with Crippen LogP contribution in [0.1, 0.15) is 65.7 Å². The van der Waals surface area contributed by atoms with Crippen molar-refractivity contribution in [3.63, 3.8) is 0 Å². The summed E-state index contributed by atoms with van der Waals surface area (Å²) in [4.78, 5) is 31.5. The number of esters is 1. The van der Waals surface area contributed by atoms with Crippen molar-refractivity contribution in [2.24, 2.45) is 5.92 Å². The zero-order valence-corrected chi connectivity index (χ0v) is 24.3. The number of hydrogen-bond donors (Lipinski definition) is 3. The van der Waals surface area contributed by atoms with Gasteiger partial charge in [-0.25, -0.2) is 4.57 Å². The van der Waals surface area contributed by atoms with Crippen LogP contribution in [0.3, 0.4) is 0 Å². The largest absolute Gasteiger partial charge is 0.470 e. The zero-order valence-electron chi connectivity index (χ0n) is 23.4. The maximum absolute atomic E-state index is 12.7. The summed E-state index contributed by atoms with van der Waals surface area (Å²) in [7, 11) is -4.66. The molecular weight excluding hydrogens is 515 g/mol. The van der Waals surface area contributed by atoms with Gasteiger partial charge in [-0.15, -0.1) is 0 Å². The van der Waals surface area contributed by atoms with Gasteiger partial charge in [-0.1, -0.05) is 98.1 Å². The third kappa shape index (κ3) is 16.2. The highest BCUT2D eigenvalue weighted by Crippen LogP contribution is 2.40. The van der Waals surface area contributed by atoms with E-state index in [-0.39, 0.29) is 18.4 Å². The Labute approximate surface area is 233 Å². The Morgan fingerprint density at radius 3 is 2.62 bits per heavy atom. The van der Waals surface area contributed by atoms with Crippen LogP contribution in [0.15, 0.2) is 96.7 Å². The molecule has 1 heterocycles. The molecule has 0 spiro atoms. The molecule has 0 bridgehead atoms. The molecule has 0 radical (unpaired) electrons. The van der Waals surface area contributed by atoms with E-state index in [0.29, 0.717) is 43.3 Å². The summed E-state index contributed by atoms with van der Waals surface area (Å²) in [5.41, 5.74) is 2.40. The summed E-state index contributed by atoms with van der Waals surface area (Å²) in [6.07, 6.45) is 21.7. The quantitative estimate of drug-likeness (QED) is 0.139. The van der Waals surface area contributed by atoms with Crippen LogP contribution in [-0.4, -0.2) is 39.2 Å². The minimum atomic E-state index is -4.66. The number of rotatable bonds is 6. The number of ether oxygens (including phenoxy) is 1. The van der Waals surface area contributed by atoms with E-state index < -0.39 is 26.0 Å². The van der Waals surface area contributed by atoms with E-state index >= 15 is 0 Å². The Kier molecular flexibility index (Phi) is 16.5. The number of hydrogen-bond acceptors (Lipinski definition) is 5. The van der Waals surface area contributed by atoms with Crippen molar-refractivity contribution in [3.8, 4) is 0 Å². The third-order valence-electron chi connectivity index (χ3n) is 6.37. The van der Waals surface area contributed by atoms with Gasteiger partial charge in [-0.05, 0) is 51.5 Å². The molecule has 3 N–H and O–H groups in total. The number of phosphoric ester groups is 1. The number of carbonyl (C=O) groups excluding carboxylic acids is 1. The van der Waals surface area contributed by atoms with Crippen LogP contribution >= 0.6 is 7.82 Å². The molecule has 216 valence electrons. The summed E-state index contributed by atoms with van der Waals surface area (Å²) < 4.78 is 22.3. The predicted octanol–water partition coefficient (Wildman–Crippen LogP) is 6.98. The molecule has 1 aliphatic heterocycles. The van der Waals surface area contributed by atoms with Crippen molar-refractivity contribution in [1.82, 2.24) is 0 Å². The second-order valence-electron chi connectivity index (χ2n) is 9.80. The fraction of sp³-hybridized carbons (Fsp3) is 0.452. The van der Waals surface area contributed by atoms with Crippen molar-refractivity contribution >= 4 is 13.8 Å². The van der Waals surface area contributed by atoms with Gasteiger partial charge in [0.1, 0.15) is 6.10 Å². The van der Waals surface area contributed by atoms with Gasteiger partial charge >= 0.3 is 13.8 Å². The van der Waals surface area contributed by atoms with Crippen LogP contribution in [0, 0.1) is 5.92 Å². The van der Waals surface area contributed by atoms with E-state index in [0.717, 1.165) is 12.0 Å². The van der Waals surface area contributed by atoms with Gasteiger partial charge in [-0.3, -0.25) is 9.32 Å². The lowest BCUT2D eigenvalue weighted by Gasteiger charge is -2.21. The number of phosphoric acid groups is 1. The Balaban J connectivity index is 3.16. The molecule has 0 saturated heterocycles. The summed E-state index contributed by atoms with van der Waals surface area (Å²) in [6.45, 7) is 13.3. The maximum Gasteiger partial charge on any atom is 0.470 e. The standard InChI is InChI=1S/C31H45O7P/c1-6-16-24(2)21-22-28-18-15-14-17-25(3)30(38-39(34,35)36)20-13-11-9-7-8-10-12-19-29(32)27(5)26(4)23-31(33)37-28/h6-10,12,14-17,19,27-30,32H,1,4,11,13,18,20-23H2,2-3,5H3,(H2,34,35,36)/b9-7-,10-8-,15-14-,19-12-,24-16+,25-17-. The van der Waals surface area contributed by atoms with Crippen molar-refractivity contribution in [2.75, 3.05) is 0 Å². The Morgan fingerprint density at radius 1 is 1.21 bits per heavy atom. The summed E-state index contributed by atoms with van der Waals surface area (Å²) in [5.74, 6) is -0.719. The minimum absolute atomic E-state index is 0.00669.